The molecule has 1 saturated heterocycles. The van der Waals surface area contributed by atoms with E-state index >= 15 is 0 Å². The third kappa shape index (κ3) is 3.12. The first-order valence-corrected chi connectivity index (χ1v) is 7.10. The second-order valence-electron chi connectivity index (χ2n) is 6.50. The molecule has 1 atom stereocenters. The molecule has 0 bridgehead atoms. The van der Waals surface area contributed by atoms with Crippen molar-refractivity contribution in [2.24, 2.45) is 5.73 Å². The largest absolute Gasteiger partial charge is 0.444 e. The zero-order chi connectivity index (χ0) is 14.8. The molecule has 4 nitrogen and oxygen atoms in total. The van der Waals surface area contributed by atoms with Gasteiger partial charge in [-0.1, -0.05) is 30.3 Å². The Morgan fingerprint density at radius 3 is 2.55 bits per heavy atom. The Morgan fingerprint density at radius 2 is 2.00 bits per heavy atom. The van der Waals surface area contributed by atoms with Crippen LogP contribution in [0.4, 0.5) is 4.79 Å². The molecule has 2 N–H and O–H groups in total. The van der Waals surface area contributed by atoms with Crippen molar-refractivity contribution < 1.29 is 9.53 Å². The van der Waals surface area contributed by atoms with Crippen LogP contribution in [0.3, 0.4) is 0 Å². The number of nitrogens with two attached hydrogens (primary N) is 1. The van der Waals surface area contributed by atoms with E-state index in [1.807, 2.05) is 39.0 Å². The van der Waals surface area contributed by atoms with Crippen LogP contribution in [-0.4, -0.2) is 36.2 Å². The predicted octanol–water partition coefficient (Wildman–Crippen LogP) is 2.52. The average Bonchev–Trinajstić information content (AvgIpc) is 2.84. The second kappa shape index (κ2) is 5.44. The number of amides is 1. The van der Waals surface area contributed by atoms with Crippen LogP contribution >= 0.6 is 0 Å². The van der Waals surface area contributed by atoms with Crippen LogP contribution in [0.1, 0.15) is 32.8 Å². The second-order valence-corrected chi connectivity index (χ2v) is 6.50. The molecule has 0 saturated carbocycles. The van der Waals surface area contributed by atoms with Crippen molar-refractivity contribution in [1.29, 1.82) is 0 Å². The highest BCUT2D eigenvalue weighted by atomic mass is 16.6. The van der Waals surface area contributed by atoms with Crippen LogP contribution in [0.15, 0.2) is 30.3 Å². The molecule has 110 valence electrons. The van der Waals surface area contributed by atoms with Crippen molar-refractivity contribution in [2.75, 3.05) is 19.6 Å². The van der Waals surface area contributed by atoms with Gasteiger partial charge in [0.15, 0.2) is 0 Å². The van der Waals surface area contributed by atoms with Gasteiger partial charge in [0.2, 0.25) is 0 Å². The van der Waals surface area contributed by atoms with E-state index in [0.29, 0.717) is 19.6 Å². The summed E-state index contributed by atoms with van der Waals surface area (Å²) in [5.74, 6) is 0. The minimum Gasteiger partial charge on any atom is -0.444 e. The Kier molecular flexibility index (Phi) is 4.04. The molecule has 1 aliphatic rings. The number of nitrogens with zero attached hydrogens (tertiary/aromatic N) is 1. The van der Waals surface area contributed by atoms with E-state index in [4.69, 9.17) is 10.5 Å². The Labute approximate surface area is 120 Å². The van der Waals surface area contributed by atoms with E-state index in [2.05, 4.69) is 12.1 Å². The molecule has 0 aromatic heterocycles. The molecule has 1 aliphatic heterocycles. The monoisotopic (exact) mass is 276 g/mol. The van der Waals surface area contributed by atoms with Gasteiger partial charge in [-0.3, -0.25) is 0 Å². The van der Waals surface area contributed by atoms with E-state index in [-0.39, 0.29) is 11.5 Å². The number of ether oxygens (including phenoxy) is 1. The van der Waals surface area contributed by atoms with Gasteiger partial charge in [-0.05, 0) is 32.8 Å². The average molecular weight is 276 g/mol. The first-order chi connectivity index (χ1) is 9.36. The maximum Gasteiger partial charge on any atom is 0.410 e. The van der Waals surface area contributed by atoms with Crippen LogP contribution < -0.4 is 5.73 Å². The number of rotatable bonds is 2. The highest BCUT2D eigenvalue weighted by molar-refractivity contribution is 5.69. The zero-order valence-corrected chi connectivity index (χ0v) is 12.6. The van der Waals surface area contributed by atoms with E-state index in [0.717, 1.165) is 6.42 Å². The van der Waals surface area contributed by atoms with Crippen molar-refractivity contribution in [1.82, 2.24) is 4.90 Å². The third-order valence-corrected chi connectivity index (χ3v) is 3.78. The number of hydrogen-bond acceptors (Lipinski definition) is 3. The predicted molar refractivity (Wildman–Crippen MR) is 79.6 cm³/mol. The summed E-state index contributed by atoms with van der Waals surface area (Å²) in [4.78, 5) is 13.9. The number of carbonyl (C=O) groups excluding carboxylic acids is 1. The van der Waals surface area contributed by atoms with Crippen LogP contribution in [0.2, 0.25) is 0 Å². The molecule has 1 amide bonds. The van der Waals surface area contributed by atoms with Crippen molar-refractivity contribution in [3.8, 4) is 0 Å². The number of likely N-dealkylation sites (tertiary alicyclic amines) is 1. The smallest absolute Gasteiger partial charge is 0.410 e. The summed E-state index contributed by atoms with van der Waals surface area (Å²) in [6.45, 7) is 7.51. The zero-order valence-electron chi connectivity index (χ0n) is 12.6. The van der Waals surface area contributed by atoms with Gasteiger partial charge in [-0.25, -0.2) is 4.79 Å². The van der Waals surface area contributed by atoms with Gasteiger partial charge in [0.25, 0.3) is 0 Å². The van der Waals surface area contributed by atoms with E-state index in [1.54, 1.807) is 4.90 Å². The van der Waals surface area contributed by atoms with Gasteiger partial charge >= 0.3 is 6.09 Å². The van der Waals surface area contributed by atoms with Crippen LogP contribution in [-0.2, 0) is 10.2 Å². The van der Waals surface area contributed by atoms with Crippen molar-refractivity contribution in [2.45, 2.75) is 38.2 Å². The molecule has 0 aliphatic carbocycles. The Bertz CT molecular complexity index is 467. The molecule has 1 heterocycles. The summed E-state index contributed by atoms with van der Waals surface area (Å²) < 4.78 is 5.44. The highest BCUT2D eigenvalue weighted by Crippen LogP contribution is 2.34. The summed E-state index contributed by atoms with van der Waals surface area (Å²) in [6.07, 6.45) is 0.635. The standard InChI is InChI=1S/C16H24N2O2/c1-15(2,3)20-14(19)18-10-9-16(11-17,12-18)13-7-5-4-6-8-13/h4-8H,9-12,17H2,1-3H3. The summed E-state index contributed by atoms with van der Waals surface area (Å²) >= 11 is 0. The Balaban J connectivity index is 2.12. The summed E-state index contributed by atoms with van der Waals surface area (Å²) in [7, 11) is 0. The maximum absolute atomic E-state index is 12.2. The summed E-state index contributed by atoms with van der Waals surface area (Å²) in [5, 5.41) is 0. The molecular weight excluding hydrogens is 252 g/mol. The summed E-state index contributed by atoms with van der Waals surface area (Å²) in [5.41, 5.74) is 6.61. The molecule has 0 radical (unpaired) electrons. The molecule has 1 aromatic rings. The lowest BCUT2D eigenvalue weighted by Gasteiger charge is -2.29. The van der Waals surface area contributed by atoms with Gasteiger partial charge in [-0.15, -0.1) is 0 Å². The minimum absolute atomic E-state index is 0.141. The topological polar surface area (TPSA) is 55.6 Å². The van der Waals surface area contributed by atoms with Crippen LogP contribution in [0.5, 0.6) is 0 Å². The molecule has 20 heavy (non-hydrogen) atoms. The van der Waals surface area contributed by atoms with Gasteiger partial charge in [-0.2, -0.15) is 0 Å². The first-order valence-electron chi connectivity index (χ1n) is 7.10. The SMILES string of the molecule is CC(C)(C)OC(=O)N1CCC(CN)(c2ccccc2)C1. The molecule has 4 heteroatoms. The van der Waals surface area contributed by atoms with Gasteiger partial charge < -0.3 is 15.4 Å². The number of carbonyl (C=O) groups is 1. The van der Waals surface area contributed by atoms with Gasteiger partial charge in [0.05, 0.1) is 0 Å². The molecule has 1 aromatic carbocycles. The summed E-state index contributed by atoms with van der Waals surface area (Å²) in [6, 6.07) is 10.2. The molecule has 1 unspecified atom stereocenters. The minimum atomic E-state index is -0.461. The normalized spacial score (nSPS) is 22.9. The van der Waals surface area contributed by atoms with Crippen LogP contribution in [0, 0.1) is 0 Å². The molecular formula is C16H24N2O2. The Hall–Kier alpha value is -1.55. The fraction of sp³-hybridized carbons (Fsp3) is 0.562. The van der Waals surface area contributed by atoms with Crippen molar-refractivity contribution >= 4 is 6.09 Å². The third-order valence-electron chi connectivity index (χ3n) is 3.78. The Morgan fingerprint density at radius 1 is 1.35 bits per heavy atom. The van der Waals surface area contributed by atoms with Crippen LogP contribution in [0.25, 0.3) is 0 Å². The van der Waals surface area contributed by atoms with Gasteiger partial charge in [0.1, 0.15) is 5.60 Å². The van der Waals surface area contributed by atoms with Crippen molar-refractivity contribution in [3.05, 3.63) is 35.9 Å². The number of hydrogen-bond donors (Lipinski definition) is 1. The molecule has 1 fully saturated rings. The van der Waals surface area contributed by atoms with Gasteiger partial charge in [0, 0.05) is 25.0 Å². The molecule has 0 spiro atoms. The van der Waals surface area contributed by atoms with E-state index in [1.165, 1.54) is 5.56 Å². The first kappa shape index (κ1) is 14.9. The lowest BCUT2D eigenvalue weighted by molar-refractivity contribution is 0.0285. The fourth-order valence-corrected chi connectivity index (χ4v) is 2.67. The quantitative estimate of drug-likeness (QED) is 0.903. The lowest BCUT2D eigenvalue weighted by Crippen LogP contribution is -2.41. The highest BCUT2D eigenvalue weighted by Gasteiger charge is 2.41. The van der Waals surface area contributed by atoms with E-state index in [9.17, 15) is 4.79 Å². The lowest BCUT2D eigenvalue weighted by atomic mass is 9.80. The fourth-order valence-electron chi connectivity index (χ4n) is 2.67. The number of benzene rings is 1. The van der Waals surface area contributed by atoms with Crippen molar-refractivity contribution in [3.63, 3.8) is 0 Å². The molecule has 2 rings (SSSR count). The van der Waals surface area contributed by atoms with E-state index < -0.39 is 5.60 Å². The maximum atomic E-state index is 12.2.